The van der Waals surface area contributed by atoms with Crippen molar-refractivity contribution in [2.24, 2.45) is 11.8 Å². The lowest BCUT2D eigenvalue weighted by Gasteiger charge is -2.47. The van der Waals surface area contributed by atoms with Gasteiger partial charge in [-0.2, -0.15) is 0 Å². The Labute approximate surface area is 199 Å². The highest BCUT2D eigenvalue weighted by Gasteiger charge is 2.46. The van der Waals surface area contributed by atoms with Crippen LogP contribution >= 0.6 is 11.9 Å². The predicted molar refractivity (Wildman–Crippen MR) is 133 cm³/mol. The van der Waals surface area contributed by atoms with Gasteiger partial charge in [0.25, 0.3) is 0 Å². The van der Waals surface area contributed by atoms with E-state index in [-0.39, 0.29) is 5.54 Å². The smallest absolute Gasteiger partial charge is 0.109 e. The molecule has 182 valence electrons. The van der Waals surface area contributed by atoms with E-state index in [2.05, 4.69) is 45.5 Å². The van der Waals surface area contributed by atoms with Crippen LogP contribution in [-0.4, -0.2) is 60.4 Å². The van der Waals surface area contributed by atoms with Crippen molar-refractivity contribution in [3.05, 3.63) is 11.8 Å². The van der Waals surface area contributed by atoms with Crippen LogP contribution in [0, 0.1) is 11.8 Å². The van der Waals surface area contributed by atoms with E-state index in [0.717, 1.165) is 32.0 Å². The van der Waals surface area contributed by atoms with E-state index < -0.39 is 0 Å². The number of ether oxygens (including phenoxy) is 1. The molecule has 4 bridgehead atoms. The average Bonchev–Trinajstić information content (AvgIpc) is 3.11. The number of nitrogens with one attached hydrogen (secondary N) is 4. The van der Waals surface area contributed by atoms with Crippen molar-refractivity contribution in [1.82, 2.24) is 25.6 Å². The molecule has 5 aliphatic heterocycles. The Hall–Kier alpha value is -0.310. The topological polar surface area (TPSA) is 60.6 Å². The normalized spacial score (nSPS) is 43.2. The first-order chi connectivity index (χ1) is 15.6. The van der Waals surface area contributed by atoms with Gasteiger partial charge in [0.2, 0.25) is 0 Å². The highest BCUT2D eigenvalue weighted by atomic mass is 32.2. The summed E-state index contributed by atoms with van der Waals surface area (Å²) in [6.45, 7) is 9.27. The van der Waals surface area contributed by atoms with Crippen molar-refractivity contribution >= 4 is 11.9 Å². The van der Waals surface area contributed by atoms with Gasteiger partial charge < -0.3 is 10.1 Å². The Bertz CT molecular complexity index is 658. The third-order valence-electron chi connectivity index (χ3n) is 8.40. The lowest BCUT2D eigenvalue weighted by molar-refractivity contribution is 0.0175. The van der Waals surface area contributed by atoms with Crippen LogP contribution in [0.5, 0.6) is 0 Å². The van der Waals surface area contributed by atoms with Crippen LogP contribution in [0.4, 0.5) is 0 Å². The third kappa shape index (κ3) is 5.49. The minimum Gasteiger partial charge on any atom is -0.497 e. The Morgan fingerprint density at radius 3 is 2.88 bits per heavy atom. The zero-order valence-corrected chi connectivity index (χ0v) is 21.0. The maximum Gasteiger partial charge on any atom is 0.109 e. The molecule has 6 nitrogen and oxygen atoms in total. The Morgan fingerprint density at radius 1 is 1.06 bits per heavy atom. The highest BCUT2D eigenvalue weighted by Crippen LogP contribution is 2.40. The van der Waals surface area contributed by atoms with E-state index in [0.29, 0.717) is 29.7 Å². The van der Waals surface area contributed by atoms with Crippen LogP contribution in [0.25, 0.3) is 0 Å². The SMILES string of the molecule is CC1(C)C[C@@H]2CCCNC3CCCC(N3)SNCC3CCC(C4=CCCCO4)NC3N1C2. The highest BCUT2D eigenvalue weighted by molar-refractivity contribution is 7.98. The minimum atomic E-state index is 0.250. The second-order valence-electron chi connectivity index (χ2n) is 11.3. The molecule has 0 aromatic carbocycles. The molecule has 5 aliphatic rings. The van der Waals surface area contributed by atoms with Gasteiger partial charge in [-0.05, 0) is 96.6 Å². The van der Waals surface area contributed by atoms with E-state index in [1.54, 1.807) is 0 Å². The number of hydrogen-bond donors (Lipinski definition) is 4. The molecule has 6 unspecified atom stereocenters. The molecule has 7 atom stereocenters. The average molecular weight is 464 g/mol. The molecule has 5 rings (SSSR count). The third-order valence-corrected chi connectivity index (χ3v) is 9.39. The zero-order chi connectivity index (χ0) is 22.0. The van der Waals surface area contributed by atoms with E-state index in [4.69, 9.17) is 4.74 Å². The molecule has 7 heteroatoms. The number of hydrogen-bond acceptors (Lipinski definition) is 7. The maximum atomic E-state index is 6.10. The molecular weight excluding hydrogens is 418 g/mol. The summed E-state index contributed by atoms with van der Waals surface area (Å²) >= 11 is 1.93. The van der Waals surface area contributed by atoms with Crippen molar-refractivity contribution in [2.75, 3.05) is 26.2 Å². The molecule has 0 aromatic rings. The van der Waals surface area contributed by atoms with Gasteiger partial charge >= 0.3 is 0 Å². The van der Waals surface area contributed by atoms with Crippen LogP contribution < -0.4 is 20.7 Å². The number of piperidine rings is 2. The number of nitrogens with zero attached hydrogens (tertiary/aromatic N) is 1. The zero-order valence-electron chi connectivity index (χ0n) is 20.2. The first-order valence-electron chi connectivity index (χ1n) is 13.3. The van der Waals surface area contributed by atoms with Crippen molar-refractivity contribution < 1.29 is 4.74 Å². The molecular formula is C25H45N5OS. The van der Waals surface area contributed by atoms with Gasteiger partial charge in [0.05, 0.1) is 30.4 Å². The molecule has 0 amide bonds. The van der Waals surface area contributed by atoms with Gasteiger partial charge in [0.1, 0.15) is 5.76 Å². The van der Waals surface area contributed by atoms with Crippen molar-refractivity contribution in [2.45, 2.75) is 107 Å². The van der Waals surface area contributed by atoms with Crippen LogP contribution in [0.2, 0.25) is 0 Å². The van der Waals surface area contributed by atoms with Gasteiger partial charge in [-0.25, -0.2) is 0 Å². The lowest BCUT2D eigenvalue weighted by Crippen LogP contribution is -2.62. The number of rotatable bonds is 1. The Morgan fingerprint density at radius 2 is 2.00 bits per heavy atom. The van der Waals surface area contributed by atoms with Crippen molar-refractivity contribution in [3.8, 4) is 0 Å². The molecule has 0 spiro atoms. The molecule has 0 aromatic heterocycles. The van der Waals surface area contributed by atoms with Crippen LogP contribution in [0.3, 0.4) is 0 Å². The Kier molecular flexibility index (Phi) is 7.71. The lowest BCUT2D eigenvalue weighted by atomic mass is 9.87. The number of fused-ring (bicyclic) bond motifs is 6. The standard InChI is InChI=1S/C25H45N5OS/c1-25(2)15-18-7-6-13-26-22-9-5-10-23(29-22)32-27-16-19-11-12-20(21-8-3-4-14-31-21)28-24(19)30(25)17-18/h8,18-20,22-24,26-29H,3-7,9-17H2,1-2H3/t18-,19?,20?,22?,23?,24?/m0/s1. The van der Waals surface area contributed by atoms with Gasteiger partial charge in [-0.3, -0.25) is 20.3 Å². The van der Waals surface area contributed by atoms with Crippen LogP contribution in [-0.2, 0) is 4.74 Å². The molecule has 0 radical (unpaired) electrons. The largest absolute Gasteiger partial charge is 0.497 e. The number of allylic oxidation sites excluding steroid dienone is 1. The fourth-order valence-corrected chi connectivity index (χ4v) is 7.77. The molecule has 4 fully saturated rings. The quantitative estimate of drug-likeness (QED) is 0.444. The monoisotopic (exact) mass is 463 g/mol. The molecule has 32 heavy (non-hydrogen) atoms. The second-order valence-corrected chi connectivity index (χ2v) is 12.4. The van der Waals surface area contributed by atoms with Gasteiger partial charge in [0, 0.05) is 24.5 Å². The summed E-state index contributed by atoms with van der Waals surface area (Å²) in [6.07, 6.45) is 15.8. The summed E-state index contributed by atoms with van der Waals surface area (Å²) in [6, 6.07) is 0.381. The first-order valence-corrected chi connectivity index (χ1v) is 14.2. The fraction of sp³-hybridized carbons (Fsp3) is 0.920. The fourth-order valence-electron chi connectivity index (χ4n) is 6.74. The Balaban J connectivity index is 1.33. The van der Waals surface area contributed by atoms with E-state index in [1.165, 1.54) is 70.1 Å². The summed E-state index contributed by atoms with van der Waals surface area (Å²) in [4.78, 5) is 2.83. The molecule has 4 N–H and O–H groups in total. The molecule has 5 heterocycles. The second kappa shape index (κ2) is 10.5. The minimum absolute atomic E-state index is 0.250. The summed E-state index contributed by atoms with van der Waals surface area (Å²) in [7, 11) is 0. The summed E-state index contributed by atoms with van der Waals surface area (Å²) in [5.41, 5.74) is 0.250. The molecule has 4 saturated heterocycles. The molecule has 0 aliphatic carbocycles. The van der Waals surface area contributed by atoms with Gasteiger partial charge in [0.15, 0.2) is 0 Å². The van der Waals surface area contributed by atoms with E-state index >= 15 is 0 Å². The van der Waals surface area contributed by atoms with E-state index in [1.807, 2.05) is 11.9 Å². The summed E-state index contributed by atoms with van der Waals surface area (Å²) in [5, 5.41) is 12.2. The van der Waals surface area contributed by atoms with Crippen molar-refractivity contribution in [3.63, 3.8) is 0 Å². The molecule has 0 saturated carbocycles. The summed E-state index contributed by atoms with van der Waals surface area (Å²) in [5.74, 6) is 2.65. The predicted octanol–water partition coefficient (Wildman–Crippen LogP) is 3.52. The van der Waals surface area contributed by atoms with Crippen LogP contribution in [0.1, 0.15) is 78.1 Å². The van der Waals surface area contributed by atoms with Crippen molar-refractivity contribution in [1.29, 1.82) is 0 Å². The van der Waals surface area contributed by atoms with E-state index in [9.17, 15) is 0 Å². The van der Waals surface area contributed by atoms with Gasteiger partial charge in [-0.15, -0.1) is 0 Å². The summed E-state index contributed by atoms with van der Waals surface area (Å²) < 4.78 is 9.90. The van der Waals surface area contributed by atoms with Crippen LogP contribution in [0.15, 0.2) is 11.8 Å². The first kappa shape index (κ1) is 23.4. The van der Waals surface area contributed by atoms with Gasteiger partial charge in [-0.1, -0.05) is 11.9 Å². The maximum absolute atomic E-state index is 6.10.